The lowest BCUT2D eigenvalue weighted by molar-refractivity contribution is -0.143. The zero-order valence-electron chi connectivity index (χ0n) is 13.3. The summed E-state index contributed by atoms with van der Waals surface area (Å²) in [6, 6.07) is 8.41. The summed E-state index contributed by atoms with van der Waals surface area (Å²) in [5.74, 6) is -0.223. The van der Waals surface area contributed by atoms with Gasteiger partial charge in [0.1, 0.15) is 0 Å². The second-order valence-corrected chi connectivity index (χ2v) is 6.84. The van der Waals surface area contributed by atoms with Crippen molar-refractivity contribution in [1.29, 1.82) is 0 Å². The monoisotopic (exact) mass is 311 g/mol. The summed E-state index contributed by atoms with van der Waals surface area (Å²) in [5, 5.41) is 14.5. The van der Waals surface area contributed by atoms with Crippen LogP contribution >= 0.6 is 0 Å². The maximum absolute atomic E-state index is 12.8. The van der Waals surface area contributed by atoms with Crippen LogP contribution in [0.5, 0.6) is 0 Å². The van der Waals surface area contributed by atoms with E-state index in [0.717, 1.165) is 12.8 Å². The normalized spacial score (nSPS) is 20.0. The molecule has 4 rings (SSSR count). The average molecular weight is 311 g/mol. The number of rotatable bonds is 2. The second kappa shape index (κ2) is 5.20. The number of nitrogens with zero attached hydrogens (tertiary/aromatic N) is 3. The Kier molecular flexibility index (Phi) is 3.27. The zero-order valence-corrected chi connectivity index (χ0v) is 13.3. The third kappa shape index (κ3) is 2.27. The van der Waals surface area contributed by atoms with Gasteiger partial charge in [-0.2, -0.15) is 5.10 Å². The average Bonchev–Trinajstić information content (AvgIpc) is 2.97. The molecule has 1 N–H and O–H groups in total. The first-order chi connectivity index (χ1) is 11.1. The van der Waals surface area contributed by atoms with E-state index in [1.165, 1.54) is 17.5 Å². The predicted molar refractivity (Wildman–Crippen MR) is 85.6 cm³/mol. The molecular weight excluding hydrogens is 290 g/mol. The Bertz CT molecular complexity index is 748. The van der Waals surface area contributed by atoms with Crippen molar-refractivity contribution in [2.24, 2.45) is 7.05 Å². The zero-order chi connectivity index (χ0) is 16.0. The molecule has 1 aromatic heterocycles. The molecule has 0 saturated heterocycles. The number of aromatic nitrogens is 2. The molecule has 0 radical (unpaired) electrons. The molecular formula is C18H21N3O2. The highest BCUT2D eigenvalue weighted by atomic mass is 16.3. The first kappa shape index (κ1) is 14.5. The summed E-state index contributed by atoms with van der Waals surface area (Å²) in [4.78, 5) is 14.6. The fraction of sp³-hybridized carbons (Fsp3) is 0.444. The van der Waals surface area contributed by atoms with Gasteiger partial charge in [0.25, 0.3) is 5.91 Å². The molecule has 1 spiro atoms. The summed E-state index contributed by atoms with van der Waals surface area (Å²) in [6.07, 6.45) is 5.57. The summed E-state index contributed by atoms with van der Waals surface area (Å²) >= 11 is 0. The molecule has 5 nitrogen and oxygen atoms in total. The van der Waals surface area contributed by atoms with Gasteiger partial charge in [0, 0.05) is 37.3 Å². The van der Waals surface area contributed by atoms with Gasteiger partial charge in [-0.3, -0.25) is 9.48 Å². The Balaban J connectivity index is 1.62. The van der Waals surface area contributed by atoms with Gasteiger partial charge in [-0.05, 0) is 24.0 Å². The van der Waals surface area contributed by atoms with Gasteiger partial charge in [0.15, 0.2) is 6.10 Å². The predicted octanol–water partition coefficient (Wildman–Crippen LogP) is 1.92. The molecule has 2 aromatic rings. The summed E-state index contributed by atoms with van der Waals surface area (Å²) in [5.41, 5.74) is 3.26. The van der Waals surface area contributed by atoms with Crippen LogP contribution in [0.2, 0.25) is 0 Å². The van der Waals surface area contributed by atoms with Crippen molar-refractivity contribution < 1.29 is 9.90 Å². The molecule has 120 valence electrons. The highest BCUT2D eigenvalue weighted by Crippen LogP contribution is 2.48. The summed E-state index contributed by atoms with van der Waals surface area (Å²) in [6.45, 7) is 1.29. The molecule has 1 fully saturated rings. The number of aryl methyl sites for hydroxylation is 1. The summed E-state index contributed by atoms with van der Waals surface area (Å²) < 4.78 is 1.60. The van der Waals surface area contributed by atoms with E-state index in [1.807, 2.05) is 11.0 Å². The van der Waals surface area contributed by atoms with Crippen LogP contribution in [0, 0.1) is 0 Å². The second-order valence-electron chi connectivity index (χ2n) is 6.84. The van der Waals surface area contributed by atoms with Gasteiger partial charge in [-0.1, -0.05) is 30.7 Å². The van der Waals surface area contributed by atoms with Gasteiger partial charge in [-0.25, -0.2) is 0 Å². The van der Waals surface area contributed by atoms with Crippen LogP contribution in [0.15, 0.2) is 36.7 Å². The molecule has 1 saturated carbocycles. The molecule has 1 atom stereocenters. The first-order valence-electron chi connectivity index (χ1n) is 8.13. The molecule has 0 bridgehead atoms. The van der Waals surface area contributed by atoms with Crippen molar-refractivity contribution >= 4 is 5.91 Å². The number of fused-ring (bicyclic) bond motifs is 2. The van der Waals surface area contributed by atoms with Crippen LogP contribution in [0.4, 0.5) is 0 Å². The van der Waals surface area contributed by atoms with Crippen molar-refractivity contribution in [1.82, 2.24) is 14.7 Å². The number of hydrogen-bond acceptors (Lipinski definition) is 3. The van der Waals surface area contributed by atoms with E-state index >= 15 is 0 Å². The summed E-state index contributed by atoms with van der Waals surface area (Å²) in [7, 11) is 1.78. The fourth-order valence-corrected chi connectivity index (χ4v) is 3.97. The lowest BCUT2D eigenvalue weighted by atomic mass is 9.61. The van der Waals surface area contributed by atoms with Crippen LogP contribution in [-0.4, -0.2) is 32.2 Å². The number of hydrogen-bond donors (Lipinski definition) is 1. The molecule has 2 aliphatic rings. The van der Waals surface area contributed by atoms with E-state index < -0.39 is 6.10 Å². The van der Waals surface area contributed by atoms with Gasteiger partial charge in [-0.15, -0.1) is 0 Å². The van der Waals surface area contributed by atoms with Crippen LogP contribution in [0.3, 0.4) is 0 Å². The Morgan fingerprint density at radius 2 is 2.13 bits per heavy atom. The minimum absolute atomic E-state index is 0.0964. The maximum atomic E-state index is 12.8. The van der Waals surface area contributed by atoms with Gasteiger partial charge < -0.3 is 10.0 Å². The Morgan fingerprint density at radius 1 is 1.35 bits per heavy atom. The third-order valence-electron chi connectivity index (χ3n) is 5.34. The van der Waals surface area contributed by atoms with Crippen molar-refractivity contribution in [2.75, 3.05) is 6.54 Å². The van der Waals surface area contributed by atoms with Crippen LogP contribution in [0.25, 0.3) is 0 Å². The number of aliphatic hydroxyl groups excluding tert-OH is 1. The quantitative estimate of drug-likeness (QED) is 0.922. The number of carbonyl (C=O) groups excluding carboxylic acids is 1. The maximum Gasteiger partial charge on any atom is 0.256 e. The molecule has 5 heteroatoms. The smallest absolute Gasteiger partial charge is 0.256 e. The van der Waals surface area contributed by atoms with E-state index in [0.29, 0.717) is 18.7 Å². The van der Waals surface area contributed by atoms with E-state index in [-0.39, 0.29) is 11.3 Å². The van der Waals surface area contributed by atoms with Crippen molar-refractivity contribution in [3.8, 4) is 0 Å². The molecule has 23 heavy (non-hydrogen) atoms. The Labute approximate surface area is 135 Å². The fourth-order valence-electron chi connectivity index (χ4n) is 3.97. The molecule has 2 heterocycles. The molecule has 1 aliphatic heterocycles. The lowest BCUT2D eigenvalue weighted by Gasteiger charge is -2.50. The molecule has 1 unspecified atom stereocenters. The minimum atomic E-state index is -1.13. The van der Waals surface area contributed by atoms with Crippen molar-refractivity contribution in [3.05, 3.63) is 53.3 Å². The number of benzene rings is 1. The van der Waals surface area contributed by atoms with E-state index in [2.05, 4.69) is 23.3 Å². The number of carbonyl (C=O) groups is 1. The molecule has 1 aromatic carbocycles. The Hall–Kier alpha value is -2.14. The van der Waals surface area contributed by atoms with E-state index in [1.54, 1.807) is 24.1 Å². The van der Waals surface area contributed by atoms with Crippen LogP contribution in [-0.2, 0) is 23.8 Å². The van der Waals surface area contributed by atoms with Gasteiger partial charge in [0.05, 0.1) is 6.20 Å². The highest BCUT2D eigenvalue weighted by Gasteiger charge is 2.45. The number of aliphatic hydroxyl groups is 1. The van der Waals surface area contributed by atoms with Gasteiger partial charge in [0.2, 0.25) is 0 Å². The third-order valence-corrected chi connectivity index (χ3v) is 5.34. The van der Waals surface area contributed by atoms with Crippen LogP contribution < -0.4 is 0 Å². The highest BCUT2D eigenvalue weighted by molar-refractivity contribution is 5.82. The first-order valence-corrected chi connectivity index (χ1v) is 8.13. The Morgan fingerprint density at radius 3 is 2.78 bits per heavy atom. The van der Waals surface area contributed by atoms with Crippen LogP contribution in [0.1, 0.15) is 42.1 Å². The minimum Gasteiger partial charge on any atom is -0.378 e. The van der Waals surface area contributed by atoms with E-state index in [9.17, 15) is 9.90 Å². The standard InChI is InChI=1S/C18H21N3O2/c1-20-10-14(9-19-20)16(22)17(23)21-11-13-5-2-3-6-15(13)18(12-21)7-4-8-18/h2-3,5-6,9-10,16,22H,4,7-8,11-12H2,1H3. The van der Waals surface area contributed by atoms with Gasteiger partial charge >= 0.3 is 0 Å². The van der Waals surface area contributed by atoms with Crippen molar-refractivity contribution in [3.63, 3.8) is 0 Å². The molecule has 1 aliphatic carbocycles. The van der Waals surface area contributed by atoms with E-state index in [4.69, 9.17) is 0 Å². The topological polar surface area (TPSA) is 58.4 Å². The SMILES string of the molecule is Cn1cc(C(O)C(=O)N2Cc3ccccc3C3(CCC3)C2)cn1. The number of amides is 1. The molecule has 1 amide bonds. The lowest BCUT2D eigenvalue weighted by Crippen LogP contribution is -2.52. The largest absolute Gasteiger partial charge is 0.378 e. The van der Waals surface area contributed by atoms with Crippen molar-refractivity contribution in [2.45, 2.75) is 37.3 Å².